The molecule has 1 aliphatic heterocycles. The van der Waals surface area contributed by atoms with Gasteiger partial charge in [0.05, 0.1) is 11.3 Å². The van der Waals surface area contributed by atoms with Gasteiger partial charge in [-0.3, -0.25) is 9.59 Å². The first-order chi connectivity index (χ1) is 15.3. The normalized spacial score (nSPS) is 15.1. The van der Waals surface area contributed by atoms with Gasteiger partial charge in [0.1, 0.15) is 0 Å². The number of rotatable bonds is 7. The molecule has 3 rings (SSSR count). The van der Waals surface area contributed by atoms with Gasteiger partial charge in [-0.25, -0.2) is 8.42 Å². The number of carbonyl (C=O) groups excluding carboxylic acids is 2. The number of sulfonamides is 1. The summed E-state index contributed by atoms with van der Waals surface area (Å²) in [5, 5.41) is 2.62. The number of benzene rings is 2. The van der Waals surface area contributed by atoms with Crippen molar-refractivity contribution in [3.05, 3.63) is 58.1 Å². The zero-order valence-electron chi connectivity index (χ0n) is 18.0. The van der Waals surface area contributed by atoms with Crippen LogP contribution in [-0.4, -0.2) is 44.3 Å². The van der Waals surface area contributed by atoms with Crippen LogP contribution in [0.15, 0.2) is 51.8 Å². The Morgan fingerprint density at radius 3 is 2.34 bits per heavy atom. The van der Waals surface area contributed by atoms with Crippen LogP contribution in [0.1, 0.15) is 36.8 Å². The molecule has 1 amide bonds. The number of amides is 1. The number of nitrogens with zero attached hydrogens (tertiary/aromatic N) is 1. The summed E-state index contributed by atoms with van der Waals surface area (Å²) in [5.74, 6) is -1.05. The molecule has 0 unspecified atom stereocenters. The van der Waals surface area contributed by atoms with Gasteiger partial charge in [-0.05, 0) is 55.2 Å². The third-order valence-corrected chi connectivity index (χ3v) is 7.85. The van der Waals surface area contributed by atoms with Crippen LogP contribution in [0, 0.1) is 6.92 Å². The molecule has 1 saturated heterocycles. The summed E-state index contributed by atoms with van der Waals surface area (Å²) in [7, 11) is -3.64. The van der Waals surface area contributed by atoms with Gasteiger partial charge in [-0.15, -0.1) is 0 Å². The largest absolute Gasteiger partial charge is 0.455 e. The van der Waals surface area contributed by atoms with Gasteiger partial charge in [0.15, 0.2) is 6.61 Å². The number of carbonyl (C=O) groups is 2. The van der Waals surface area contributed by atoms with E-state index in [2.05, 4.69) is 21.2 Å². The molecule has 7 nitrogen and oxygen atoms in total. The van der Waals surface area contributed by atoms with Crippen molar-refractivity contribution in [3.63, 3.8) is 0 Å². The molecule has 2 aromatic carbocycles. The Balaban J connectivity index is 1.60. The van der Waals surface area contributed by atoms with Gasteiger partial charge in [0, 0.05) is 23.2 Å². The lowest BCUT2D eigenvalue weighted by molar-refractivity contribution is -0.146. The highest BCUT2D eigenvalue weighted by Crippen LogP contribution is 2.25. The van der Waals surface area contributed by atoms with Crippen molar-refractivity contribution in [1.82, 2.24) is 4.31 Å². The summed E-state index contributed by atoms with van der Waals surface area (Å²) in [6.45, 7) is 2.30. The zero-order valence-corrected chi connectivity index (χ0v) is 20.4. The molecule has 1 N–H and O–H groups in total. The highest BCUT2D eigenvalue weighted by Gasteiger charge is 2.27. The maximum absolute atomic E-state index is 13.1. The molecule has 0 aromatic heterocycles. The molecule has 9 heteroatoms. The second kappa shape index (κ2) is 11.1. The van der Waals surface area contributed by atoms with E-state index in [0.29, 0.717) is 24.3 Å². The van der Waals surface area contributed by atoms with Crippen LogP contribution in [0.4, 0.5) is 5.69 Å². The Morgan fingerprint density at radius 1 is 1.03 bits per heavy atom. The lowest BCUT2D eigenvalue weighted by Crippen LogP contribution is -2.32. The second-order valence-corrected chi connectivity index (χ2v) is 10.6. The van der Waals surface area contributed by atoms with Gasteiger partial charge in [-0.2, -0.15) is 4.31 Å². The zero-order chi connectivity index (χ0) is 23.1. The molecular formula is C23H27BrN2O5S. The number of hydrogen-bond acceptors (Lipinski definition) is 5. The Hall–Kier alpha value is -2.23. The van der Waals surface area contributed by atoms with E-state index in [4.69, 9.17) is 4.74 Å². The molecule has 1 aliphatic rings. The third-order valence-electron chi connectivity index (χ3n) is 5.28. The maximum Gasteiger partial charge on any atom is 0.310 e. The van der Waals surface area contributed by atoms with E-state index in [0.717, 1.165) is 35.7 Å². The Morgan fingerprint density at radius 2 is 1.69 bits per heavy atom. The van der Waals surface area contributed by atoms with Crippen molar-refractivity contribution in [2.45, 2.75) is 43.9 Å². The first-order valence-electron chi connectivity index (χ1n) is 10.6. The van der Waals surface area contributed by atoms with E-state index < -0.39 is 28.5 Å². The number of esters is 1. The number of halogens is 1. The fourth-order valence-electron chi connectivity index (χ4n) is 3.54. The van der Waals surface area contributed by atoms with Crippen LogP contribution in [0.3, 0.4) is 0 Å². The van der Waals surface area contributed by atoms with Crippen molar-refractivity contribution in [1.29, 1.82) is 0 Å². The van der Waals surface area contributed by atoms with Crippen LogP contribution in [0.2, 0.25) is 0 Å². The van der Waals surface area contributed by atoms with Gasteiger partial charge in [0.25, 0.3) is 5.91 Å². The number of anilines is 1. The fraction of sp³-hybridized carbons (Fsp3) is 0.391. The number of nitrogens with one attached hydrogen (secondary N) is 1. The molecule has 0 radical (unpaired) electrons. The molecule has 1 fully saturated rings. The first kappa shape index (κ1) is 24.4. The lowest BCUT2D eigenvalue weighted by atomic mass is 10.2. The Kier molecular flexibility index (Phi) is 8.44. The van der Waals surface area contributed by atoms with Gasteiger partial charge in [-0.1, -0.05) is 47.0 Å². The molecule has 0 saturated carbocycles. The topological polar surface area (TPSA) is 92.8 Å². The van der Waals surface area contributed by atoms with Crippen LogP contribution >= 0.6 is 15.9 Å². The van der Waals surface area contributed by atoms with Crippen molar-refractivity contribution in [2.24, 2.45) is 0 Å². The quantitative estimate of drug-likeness (QED) is 0.553. The smallest absolute Gasteiger partial charge is 0.310 e. The van der Waals surface area contributed by atoms with Gasteiger partial charge < -0.3 is 10.1 Å². The van der Waals surface area contributed by atoms with Crippen LogP contribution in [0.5, 0.6) is 0 Å². The summed E-state index contributed by atoms with van der Waals surface area (Å²) in [5.41, 5.74) is 1.74. The maximum atomic E-state index is 13.1. The first-order valence-corrected chi connectivity index (χ1v) is 12.8. The van der Waals surface area contributed by atoms with E-state index in [-0.39, 0.29) is 11.3 Å². The van der Waals surface area contributed by atoms with E-state index in [9.17, 15) is 18.0 Å². The Bertz CT molecular complexity index is 1060. The third kappa shape index (κ3) is 6.63. The molecule has 0 aliphatic carbocycles. The summed E-state index contributed by atoms with van der Waals surface area (Å²) >= 11 is 3.33. The van der Waals surface area contributed by atoms with Crippen molar-refractivity contribution in [2.75, 3.05) is 25.0 Å². The number of ether oxygens (including phenoxy) is 1. The number of hydrogen-bond donors (Lipinski definition) is 1. The Labute approximate surface area is 197 Å². The van der Waals surface area contributed by atoms with E-state index >= 15 is 0 Å². The van der Waals surface area contributed by atoms with E-state index in [1.807, 2.05) is 12.1 Å². The van der Waals surface area contributed by atoms with Crippen LogP contribution < -0.4 is 5.32 Å². The average molecular weight is 523 g/mol. The molecule has 1 heterocycles. The molecule has 172 valence electrons. The number of aryl methyl sites for hydroxylation is 1. The molecule has 0 bridgehead atoms. The molecule has 0 atom stereocenters. The SMILES string of the molecule is Cc1ccc(NC(=O)COC(=O)Cc2ccc(Br)cc2)cc1S(=O)(=O)N1CCCCCC1. The molecular weight excluding hydrogens is 496 g/mol. The van der Waals surface area contributed by atoms with Gasteiger partial charge >= 0.3 is 5.97 Å². The fourth-order valence-corrected chi connectivity index (χ4v) is 5.57. The summed E-state index contributed by atoms with van der Waals surface area (Å²) in [4.78, 5) is 24.4. The molecule has 0 spiro atoms. The minimum atomic E-state index is -3.64. The van der Waals surface area contributed by atoms with Crippen molar-refractivity contribution in [3.8, 4) is 0 Å². The van der Waals surface area contributed by atoms with E-state index in [1.165, 1.54) is 10.4 Å². The summed E-state index contributed by atoms with van der Waals surface area (Å²) < 4.78 is 33.8. The second-order valence-electron chi connectivity index (χ2n) is 7.81. The molecule has 32 heavy (non-hydrogen) atoms. The van der Waals surface area contributed by atoms with Crippen molar-refractivity contribution < 1.29 is 22.7 Å². The standard InChI is InChI=1S/C23H27BrN2O5S/c1-17-6-11-20(15-21(17)32(29,30)26-12-4-2-3-5-13-26)25-22(27)16-31-23(28)14-18-7-9-19(24)10-8-18/h6-11,15H,2-5,12-14,16H2,1H3,(H,25,27). The van der Waals surface area contributed by atoms with Gasteiger partial charge in [0.2, 0.25) is 10.0 Å². The lowest BCUT2D eigenvalue weighted by Gasteiger charge is -2.21. The minimum absolute atomic E-state index is 0.0588. The van der Waals surface area contributed by atoms with Crippen LogP contribution in [-0.2, 0) is 30.8 Å². The highest BCUT2D eigenvalue weighted by atomic mass is 79.9. The average Bonchev–Trinajstić information content (AvgIpc) is 3.05. The predicted octanol–water partition coefficient (Wildman–Crippen LogP) is 4.05. The monoisotopic (exact) mass is 522 g/mol. The van der Waals surface area contributed by atoms with Crippen LogP contribution in [0.25, 0.3) is 0 Å². The predicted molar refractivity (Wildman–Crippen MR) is 126 cm³/mol. The summed E-state index contributed by atoms with van der Waals surface area (Å²) in [6.07, 6.45) is 3.81. The molecule has 2 aromatic rings. The van der Waals surface area contributed by atoms with Crippen molar-refractivity contribution >= 4 is 43.5 Å². The van der Waals surface area contributed by atoms with E-state index in [1.54, 1.807) is 31.2 Å². The minimum Gasteiger partial charge on any atom is -0.455 e. The summed E-state index contributed by atoms with van der Waals surface area (Å²) in [6, 6.07) is 12.0. The highest BCUT2D eigenvalue weighted by molar-refractivity contribution is 9.10.